The molecule has 7 heteroatoms. The Balaban J connectivity index is 2.17. The SMILES string of the molecule is COc1cc(C2/C(=C(\O)c3ccccc3)C(=O)C(=O)N2CCN(C)C)ccc1O. The summed E-state index contributed by atoms with van der Waals surface area (Å²) in [4.78, 5) is 29.0. The van der Waals surface area contributed by atoms with Crippen LogP contribution in [0.1, 0.15) is 17.2 Å². The monoisotopic (exact) mass is 396 g/mol. The molecule has 2 N–H and O–H groups in total. The van der Waals surface area contributed by atoms with Crippen LogP contribution in [0.2, 0.25) is 0 Å². The summed E-state index contributed by atoms with van der Waals surface area (Å²) in [5, 5.41) is 20.8. The number of rotatable bonds is 6. The molecule has 0 spiro atoms. The number of ether oxygens (including phenoxy) is 1. The van der Waals surface area contributed by atoms with Crippen LogP contribution >= 0.6 is 0 Å². The van der Waals surface area contributed by atoms with Gasteiger partial charge in [-0.1, -0.05) is 36.4 Å². The van der Waals surface area contributed by atoms with Gasteiger partial charge in [0.2, 0.25) is 0 Å². The fraction of sp³-hybridized carbons (Fsp3) is 0.273. The van der Waals surface area contributed by atoms with E-state index < -0.39 is 17.7 Å². The van der Waals surface area contributed by atoms with Gasteiger partial charge in [0, 0.05) is 18.7 Å². The maximum absolute atomic E-state index is 12.9. The van der Waals surface area contributed by atoms with E-state index in [1.165, 1.54) is 18.1 Å². The molecule has 1 aliphatic heterocycles. The molecular formula is C22H24N2O5. The normalized spacial score (nSPS) is 18.5. The number of aliphatic hydroxyl groups is 1. The molecule has 1 atom stereocenters. The number of methoxy groups -OCH3 is 1. The summed E-state index contributed by atoms with van der Waals surface area (Å²) in [6, 6.07) is 12.5. The largest absolute Gasteiger partial charge is 0.507 e. The van der Waals surface area contributed by atoms with E-state index in [9.17, 15) is 19.8 Å². The lowest BCUT2D eigenvalue weighted by Crippen LogP contribution is -2.35. The lowest BCUT2D eigenvalue weighted by atomic mass is 9.95. The molecule has 29 heavy (non-hydrogen) atoms. The van der Waals surface area contributed by atoms with Gasteiger partial charge in [0.05, 0.1) is 18.7 Å². The molecule has 2 aromatic rings. The van der Waals surface area contributed by atoms with Crippen LogP contribution in [0.25, 0.3) is 5.76 Å². The van der Waals surface area contributed by atoms with Gasteiger partial charge in [-0.2, -0.15) is 0 Å². The summed E-state index contributed by atoms with van der Waals surface area (Å²) >= 11 is 0. The van der Waals surface area contributed by atoms with Gasteiger partial charge in [0.15, 0.2) is 11.5 Å². The molecule has 1 heterocycles. The smallest absolute Gasteiger partial charge is 0.295 e. The van der Waals surface area contributed by atoms with Crippen LogP contribution in [0.15, 0.2) is 54.1 Å². The number of aromatic hydroxyl groups is 1. The van der Waals surface area contributed by atoms with E-state index in [0.29, 0.717) is 24.2 Å². The molecule has 3 rings (SSSR count). The summed E-state index contributed by atoms with van der Waals surface area (Å²) in [7, 11) is 5.17. The van der Waals surface area contributed by atoms with Crippen LogP contribution in [-0.4, -0.2) is 66.0 Å². The van der Waals surface area contributed by atoms with Crippen LogP contribution < -0.4 is 4.74 Å². The van der Waals surface area contributed by atoms with Crippen LogP contribution in [0.3, 0.4) is 0 Å². The first-order valence-corrected chi connectivity index (χ1v) is 9.20. The Labute approximate surface area is 169 Å². The summed E-state index contributed by atoms with van der Waals surface area (Å²) in [6.45, 7) is 0.848. The third-order valence-corrected chi connectivity index (χ3v) is 4.89. The Hall–Kier alpha value is -3.32. The molecule has 1 saturated heterocycles. The minimum Gasteiger partial charge on any atom is -0.507 e. The zero-order chi connectivity index (χ0) is 21.1. The molecule has 0 saturated carbocycles. The van der Waals surface area contributed by atoms with Crippen molar-refractivity contribution in [1.82, 2.24) is 9.80 Å². The number of nitrogens with zero attached hydrogens (tertiary/aromatic N) is 2. The summed E-state index contributed by atoms with van der Waals surface area (Å²) < 4.78 is 5.19. The second-order valence-electron chi connectivity index (χ2n) is 7.09. The zero-order valence-electron chi connectivity index (χ0n) is 16.6. The number of likely N-dealkylation sites (N-methyl/N-ethyl adjacent to an activating group) is 1. The van der Waals surface area contributed by atoms with Crippen molar-refractivity contribution in [1.29, 1.82) is 0 Å². The van der Waals surface area contributed by atoms with Gasteiger partial charge >= 0.3 is 0 Å². The van der Waals surface area contributed by atoms with E-state index in [1.807, 2.05) is 19.0 Å². The van der Waals surface area contributed by atoms with E-state index in [1.54, 1.807) is 42.5 Å². The number of carbonyl (C=O) groups excluding carboxylic acids is 2. The molecule has 1 aliphatic rings. The summed E-state index contributed by atoms with van der Waals surface area (Å²) in [5.74, 6) is -1.46. The second-order valence-corrected chi connectivity index (χ2v) is 7.09. The standard InChI is InChI=1S/C22H24N2O5/c1-23(2)11-12-24-19(15-9-10-16(25)17(13-15)29-3)18(21(27)22(24)28)20(26)14-7-5-4-6-8-14/h4-10,13,19,25-26H,11-12H2,1-3H3/b20-18+. The Morgan fingerprint density at radius 1 is 1.14 bits per heavy atom. The highest BCUT2D eigenvalue weighted by molar-refractivity contribution is 6.46. The van der Waals surface area contributed by atoms with Gasteiger partial charge in [-0.05, 0) is 31.8 Å². The number of hydrogen-bond acceptors (Lipinski definition) is 6. The third-order valence-electron chi connectivity index (χ3n) is 4.89. The number of aliphatic hydroxyl groups excluding tert-OH is 1. The van der Waals surface area contributed by atoms with Gasteiger partial charge in [0.25, 0.3) is 11.7 Å². The molecular weight excluding hydrogens is 372 g/mol. The van der Waals surface area contributed by atoms with Crippen molar-refractivity contribution in [2.24, 2.45) is 0 Å². The van der Waals surface area contributed by atoms with Crippen LogP contribution in [0.4, 0.5) is 0 Å². The van der Waals surface area contributed by atoms with E-state index >= 15 is 0 Å². The Morgan fingerprint density at radius 2 is 1.83 bits per heavy atom. The van der Waals surface area contributed by atoms with E-state index in [4.69, 9.17) is 4.74 Å². The fourth-order valence-corrected chi connectivity index (χ4v) is 3.38. The quantitative estimate of drug-likeness (QED) is 0.443. The van der Waals surface area contributed by atoms with Crippen molar-refractivity contribution >= 4 is 17.4 Å². The number of hydrogen-bond donors (Lipinski definition) is 2. The first-order valence-electron chi connectivity index (χ1n) is 9.20. The van der Waals surface area contributed by atoms with Crippen molar-refractivity contribution in [3.05, 3.63) is 65.2 Å². The van der Waals surface area contributed by atoms with Gasteiger partial charge in [-0.15, -0.1) is 0 Å². The molecule has 2 aromatic carbocycles. The molecule has 1 amide bonds. The molecule has 0 aliphatic carbocycles. The summed E-state index contributed by atoms with van der Waals surface area (Å²) in [5.41, 5.74) is 1.04. The number of ketones is 1. The predicted octanol–water partition coefficient (Wildman–Crippen LogP) is 2.38. The van der Waals surface area contributed by atoms with Crippen molar-refractivity contribution in [3.63, 3.8) is 0 Å². The zero-order valence-corrected chi connectivity index (χ0v) is 16.6. The number of benzene rings is 2. The molecule has 7 nitrogen and oxygen atoms in total. The number of phenols is 1. The number of phenolic OH excluding ortho intramolecular Hbond substituents is 1. The first kappa shape index (κ1) is 20.4. The average molecular weight is 396 g/mol. The number of likely N-dealkylation sites (tertiary alicyclic amines) is 1. The van der Waals surface area contributed by atoms with E-state index in [2.05, 4.69) is 0 Å². The number of Topliss-reactive ketones (excluding diaryl/α,β-unsaturated/α-hetero) is 1. The minimum absolute atomic E-state index is 0.0210. The van der Waals surface area contributed by atoms with Gasteiger partial charge in [-0.3, -0.25) is 9.59 Å². The lowest BCUT2D eigenvalue weighted by Gasteiger charge is -2.27. The molecule has 1 unspecified atom stereocenters. The van der Waals surface area contributed by atoms with Crippen LogP contribution in [0.5, 0.6) is 11.5 Å². The molecule has 0 radical (unpaired) electrons. The van der Waals surface area contributed by atoms with Crippen molar-refractivity contribution in [2.75, 3.05) is 34.3 Å². The fourth-order valence-electron chi connectivity index (χ4n) is 3.38. The van der Waals surface area contributed by atoms with Crippen molar-refractivity contribution in [3.8, 4) is 11.5 Å². The maximum Gasteiger partial charge on any atom is 0.295 e. The predicted molar refractivity (Wildman–Crippen MR) is 109 cm³/mol. The highest BCUT2D eigenvalue weighted by atomic mass is 16.5. The minimum atomic E-state index is -0.787. The highest BCUT2D eigenvalue weighted by Gasteiger charge is 2.46. The topological polar surface area (TPSA) is 90.3 Å². The Bertz CT molecular complexity index is 953. The summed E-state index contributed by atoms with van der Waals surface area (Å²) in [6.07, 6.45) is 0. The molecule has 152 valence electrons. The van der Waals surface area contributed by atoms with Crippen LogP contribution in [0, 0.1) is 0 Å². The number of carbonyl (C=O) groups is 2. The van der Waals surface area contributed by atoms with Crippen molar-refractivity contribution < 1.29 is 24.5 Å². The molecule has 0 bridgehead atoms. The molecule has 1 fully saturated rings. The lowest BCUT2D eigenvalue weighted by molar-refractivity contribution is -0.140. The van der Waals surface area contributed by atoms with E-state index in [0.717, 1.165) is 0 Å². The maximum atomic E-state index is 12.9. The van der Waals surface area contributed by atoms with Crippen molar-refractivity contribution in [2.45, 2.75) is 6.04 Å². The van der Waals surface area contributed by atoms with Gasteiger partial charge in [-0.25, -0.2) is 0 Å². The van der Waals surface area contributed by atoms with E-state index in [-0.39, 0.29) is 22.8 Å². The number of amides is 1. The highest BCUT2D eigenvalue weighted by Crippen LogP contribution is 2.41. The third kappa shape index (κ3) is 3.95. The average Bonchev–Trinajstić information content (AvgIpc) is 2.97. The molecule has 0 aromatic heterocycles. The van der Waals surface area contributed by atoms with Crippen LogP contribution in [-0.2, 0) is 9.59 Å². The Kier molecular flexibility index (Phi) is 5.89. The Morgan fingerprint density at radius 3 is 2.45 bits per heavy atom. The second kappa shape index (κ2) is 8.36. The van der Waals surface area contributed by atoms with Gasteiger partial charge in [0.1, 0.15) is 5.76 Å². The van der Waals surface area contributed by atoms with Gasteiger partial charge < -0.3 is 24.7 Å². The first-order chi connectivity index (χ1) is 13.8.